The normalized spacial score (nSPS) is 28.5. The van der Waals surface area contributed by atoms with Gasteiger partial charge < -0.3 is 10.8 Å². The molecule has 0 bridgehead atoms. The van der Waals surface area contributed by atoms with Gasteiger partial charge in [-0.2, -0.15) is 9.91 Å². The molecule has 0 radical (unpaired) electrons. The fraction of sp³-hybridized carbons (Fsp3) is 0.242. The van der Waals surface area contributed by atoms with Crippen molar-refractivity contribution < 1.29 is 33.5 Å². The predicted octanol–water partition coefficient (Wildman–Crippen LogP) is 5.01. The molecule has 2 aliphatic heterocycles. The zero-order valence-electron chi connectivity index (χ0n) is 23.8. The number of nitrogens with one attached hydrogen (secondary N) is 1. The Kier molecular flexibility index (Phi) is 7.05. The number of benzene rings is 3. The number of amides is 6. The van der Waals surface area contributed by atoms with Crippen molar-refractivity contribution in [1.29, 1.82) is 0 Å². The van der Waals surface area contributed by atoms with Crippen LogP contribution in [0.1, 0.15) is 29.9 Å². The van der Waals surface area contributed by atoms with Crippen molar-refractivity contribution >= 4 is 62.9 Å². The van der Waals surface area contributed by atoms with E-state index < -0.39 is 70.5 Å². The number of imide groups is 4. The molecule has 234 valence electrons. The highest BCUT2D eigenvalue weighted by molar-refractivity contribution is 9.10. The van der Waals surface area contributed by atoms with Crippen LogP contribution in [0, 0.1) is 29.5 Å². The summed E-state index contributed by atoms with van der Waals surface area (Å²) in [7, 11) is 0. The molecule has 0 unspecified atom stereocenters. The minimum absolute atomic E-state index is 0.0291. The zero-order valence-corrected chi connectivity index (χ0v) is 26.2. The van der Waals surface area contributed by atoms with E-state index in [1.807, 2.05) is 0 Å². The number of phenols is 1. The maximum absolute atomic E-state index is 15.0. The third-order valence-corrected chi connectivity index (χ3v) is 10.5. The van der Waals surface area contributed by atoms with E-state index in [4.69, 9.17) is 17.3 Å². The van der Waals surface area contributed by atoms with Crippen LogP contribution in [-0.4, -0.2) is 44.7 Å². The largest absolute Gasteiger partial charge is 0.508 e. The number of carbonyl (C=O) groups is 5. The van der Waals surface area contributed by atoms with Crippen molar-refractivity contribution in [3.8, 4) is 5.75 Å². The lowest BCUT2D eigenvalue weighted by atomic mass is 9.49. The molecule has 13 heteroatoms. The topological polar surface area (TPSA) is 150 Å². The first-order chi connectivity index (χ1) is 21.9. The number of anilines is 1. The summed E-state index contributed by atoms with van der Waals surface area (Å²) in [6.45, 7) is 0. The van der Waals surface area contributed by atoms with Crippen LogP contribution in [0.4, 0.5) is 14.9 Å². The molecule has 4 N–H and O–H groups in total. The van der Waals surface area contributed by atoms with Gasteiger partial charge in [0.05, 0.1) is 28.9 Å². The molecular formula is C33H25BrClFN4O6. The first-order valence-electron chi connectivity index (χ1n) is 14.5. The van der Waals surface area contributed by atoms with Gasteiger partial charge in [0, 0.05) is 21.0 Å². The highest BCUT2D eigenvalue weighted by atomic mass is 79.9. The molecule has 1 saturated carbocycles. The van der Waals surface area contributed by atoms with E-state index in [-0.39, 0.29) is 24.3 Å². The minimum atomic E-state index is -1.66. The van der Waals surface area contributed by atoms with Crippen LogP contribution in [0.3, 0.4) is 0 Å². The molecule has 3 aromatic rings. The van der Waals surface area contributed by atoms with E-state index in [1.165, 1.54) is 30.3 Å². The Morgan fingerprint density at radius 2 is 1.67 bits per heavy atom. The molecule has 4 aliphatic rings. The number of fused-ring (bicyclic) bond motifs is 4. The summed E-state index contributed by atoms with van der Waals surface area (Å²) in [5.41, 5.74) is 8.25. The number of hydrogen-bond donors (Lipinski definition) is 3. The molecule has 46 heavy (non-hydrogen) atoms. The van der Waals surface area contributed by atoms with Gasteiger partial charge in [-0.05, 0) is 78.9 Å². The monoisotopic (exact) mass is 706 g/mol. The summed E-state index contributed by atoms with van der Waals surface area (Å²) in [6, 6.07) is 15.3. The number of hydrogen-bond acceptors (Lipinski definition) is 7. The lowest BCUT2D eigenvalue weighted by Crippen LogP contribution is -2.53. The number of likely N-dealkylation sites (tertiary alicyclic amines) is 1. The molecule has 6 atom stereocenters. The van der Waals surface area contributed by atoms with Gasteiger partial charge in [-0.3, -0.25) is 24.6 Å². The molecule has 2 heterocycles. The molecule has 2 saturated heterocycles. The maximum Gasteiger partial charge on any atom is 0.328 e. The molecule has 3 aromatic carbocycles. The number of nitrogens with zero attached hydrogens (tertiary/aromatic N) is 2. The van der Waals surface area contributed by atoms with Crippen LogP contribution in [0.2, 0.25) is 5.02 Å². The van der Waals surface area contributed by atoms with Crippen LogP contribution in [0.15, 0.2) is 82.9 Å². The molecule has 0 aromatic heterocycles. The third-order valence-electron chi connectivity index (χ3n) is 9.78. The number of urea groups is 1. The predicted molar refractivity (Wildman–Crippen MR) is 166 cm³/mol. The van der Waals surface area contributed by atoms with Gasteiger partial charge in [0.15, 0.2) is 0 Å². The van der Waals surface area contributed by atoms with E-state index in [0.29, 0.717) is 31.1 Å². The van der Waals surface area contributed by atoms with Crippen molar-refractivity contribution in [3.63, 3.8) is 0 Å². The summed E-state index contributed by atoms with van der Waals surface area (Å²) >= 11 is 9.74. The summed E-state index contributed by atoms with van der Waals surface area (Å²) in [4.78, 5) is 69.0. The number of phenolic OH excluding ortho intramolecular Hbond substituents is 1. The lowest BCUT2D eigenvalue weighted by Gasteiger charge is -2.50. The Morgan fingerprint density at radius 3 is 2.35 bits per heavy atom. The number of carbonyl (C=O) groups excluding carboxylic acids is 5. The van der Waals surface area contributed by atoms with Gasteiger partial charge in [0.25, 0.3) is 11.8 Å². The maximum atomic E-state index is 15.0. The van der Waals surface area contributed by atoms with Crippen molar-refractivity contribution in [1.82, 2.24) is 9.91 Å². The Hall–Kier alpha value is -4.55. The molecule has 0 spiro atoms. The van der Waals surface area contributed by atoms with Crippen LogP contribution >= 0.6 is 27.5 Å². The Morgan fingerprint density at radius 1 is 0.978 bits per heavy atom. The smallest absolute Gasteiger partial charge is 0.328 e. The van der Waals surface area contributed by atoms with Crippen molar-refractivity contribution in [2.24, 2.45) is 29.4 Å². The van der Waals surface area contributed by atoms with Crippen LogP contribution in [0.5, 0.6) is 5.75 Å². The molecule has 6 amide bonds. The number of allylic oxidation sites excluding steroid dienone is 2. The summed E-state index contributed by atoms with van der Waals surface area (Å²) in [5.74, 6) is -8.13. The molecule has 7 rings (SSSR count). The highest BCUT2D eigenvalue weighted by Crippen LogP contribution is 2.65. The molecule has 10 nitrogen and oxygen atoms in total. The summed E-state index contributed by atoms with van der Waals surface area (Å²) in [6.07, 6.45) is 1.84. The highest BCUT2D eigenvalue weighted by Gasteiger charge is 2.70. The van der Waals surface area contributed by atoms with Gasteiger partial charge in [-0.15, -0.1) is 0 Å². The van der Waals surface area contributed by atoms with Gasteiger partial charge in [-0.1, -0.05) is 51.3 Å². The third kappa shape index (κ3) is 4.23. The molecule has 3 fully saturated rings. The second-order valence-corrected chi connectivity index (χ2v) is 13.3. The summed E-state index contributed by atoms with van der Waals surface area (Å²) < 4.78 is 14.3. The number of aromatic hydroxyl groups is 1. The fourth-order valence-corrected chi connectivity index (χ4v) is 8.48. The Labute approximate surface area is 275 Å². The number of primary amides is 1. The van der Waals surface area contributed by atoms with Crippen LogP contribution in [0.25, 0.3) is 0 Å². The van der Waals surface area contributed by atoms with Crippen molar-refractivity contribution in [2.75, 3.05) is 5.43 Å². The van der Waals surface area contributed by atoms with Gasteiger partial charge in [0.2, 0.25) is 11.8 Å². The van der Waals surface area contributed by atoms with Crippen molar-refractivity contribution in [2.45, 2.75) is 24.2 Å². The average molecular weight is 708 g/mol. The van der Waals surface area contributed by atoms with Crippen LogP contribution in [-0.2, 0) is 24.6 Å². The van der Waals surface area contributed by atoms with Gasteiger partial charge in [-0.25, -0.2) is 9.18 Å². The van der Waals surface area contributed by atoms with Gasteiger partial charge in [0.1, 0.15) is 11.6 Å². The van der Waals surface area contributed by atoms with E-state index in [0.717, 1.165) is 5.01 Å². The Bertz CT molecular complexity index is 1890. The quantitative estimate of drug-likeness (QED) is 0.255. The van der Waals surface area contributed by atoms with E-state index in [1.54, 1.807) is 42.5 Å². The van der Waals surface area contributed by atoms with Crippen LogP contribution < -0.4 is 11.2 Å². The SMILES string of the molecule is NC(=O)N1C(=O)[C@H]2[C@H](CC=C3[C@H]2C[C@H]2C(=O)N(Nc4ccc(F)cc4)C(=O)[C@@]2(c2ccc(Cl)cc2)[C@H]3c2cc(Br)ccc2O)C1=O. The number of rotatable bonds is 4. The average Bonchev–Trinajstić information content (AvgIpc) is 3.41. The van der Waals surface area contributed by atoms with E-state index in [9.17, 15) is 33.5 Å². The Balaban J connectivity index is 1.48. The first-order valence-corrected chi connectivity index (χ1v) is 15.6. The minimum Gasteiger partial charge on any atom is -0.508 e. The summed E-state index contributed by atoms with van der Waals surface area (Å²) in [5, 5.41) is 12.7. The first kappa shape index (κ1) is 30.1. The number of halogens is 3. The molecule has 2 aliphatic carbocycles. The van der Waals surface area contributed by atoms with E-state index in [2.05, 4.69) is 21.4 Å². The second kappa shape index (κ2) is 10.8. The standard InChI is InChI=1S/C33H25BrClFN4O6/c34-16-3-12-25(41)23(13-16)27-20-10-11-21-26(30(44)39(28(21)42)32(37)46)22(20)14-24-29(43)40(38-19-8-6-18(36)7-9-19)31(45)33(24,27)15-1-4-17(35)5-2-15/h1-10,12-13,21-22,24,26-27,38,41H,11,14H2,(H2,37,46)/t21-,22+,24-,26-,27+,33+/m0/s1. The van der Waals surface area contributed by atoms with Crippen molar-refractivity contribution in [3.05, 3.63) is 105 Å². The molecular weight excluding hydrogens is 683 g/mol. The zero-order chi connectivity index (χ0) is 32.7. The number of hydrazine groups is 1. The fourth-order valence-electron chi connectivity index (χ4n) is 7.97. The second-order valence-electron chi connectivity index (χ2n) is 11.9. The van der Waals surface area contributed by atoms with E-state index >= 15 is 0 Å². The van der Waals surface area contributed by atoms with Gasteiger partial charge >= 0.3 is 6.03 Å². The number of nitrogens with two attached hydrogens (primary N) is 1. The lowest BCUT2D eigenvalue weighted by molar-refractivity contribution is -0.139.